The summed E-state index contributed by atoms with van der Waals surface area (Å²) in [6.07, 6.45) is 6.76. The number of urea groups is 1. The highest BCUT2D eigenvalue weighted by Gasteiger charge is 2.16. The average Bonchev–Trinajstić information content (AvgIpc) is 3.05. The van der Waals surface area contributed by atoms with E-state index in [9.17, 15) is 4.79 Å². The molecule has 0 aromatic heterocycles. The van der Waals surface area contributed by atoms with Crippen molar-refractivity contribution >= 4 is 40.6 Å². The summed E-state index contributed by atoms with van der Waals surface area (Å²) in [5, 5.41) is 11.9. The van der Waals surface area contributed by atoms with E-state index in [0.29, 0.717) is 28.9 Å². The molecule has 0 saturated carbocycles. The van der Waals surface area contributed by atoms with Gasteiger partial charge in [-0.2, -0.15) is 0 Å². The summed E-state index contributed by atoms with van der Waals surface area (Å²) >= 11 is 12.0. The number of nitrogens with zero attached hydrogens (tertiary/aromatic N) is 1. The normalized spacial score (nSPS) is 9.43. The van der Waals surface area contributed by atoms with E-state index in [0.717, 1.165) is 36.1 Å². The molecule has 4 rings (SSSR count). The van der Waals surface area contributed by atoms with Gasteiger partial charge in [-0.25, -0.2) is 4.79 Å². The number of aliphatic hydroxyl groups is 1. The molecule has 6 heteroatoms. The third kappa shape index (κ3) is 19.9. The fraction of sp³-hybridized carbons (Fsp3) is 0.375. The molecule has 0 aliphatic rings. The molecule has 0 saturated heterocycles. The van der Waals surface area contributed by atoms with Crippen LogP contribution in [0.25, 0.3) is 11.1 Å². The summed E-state index contributed by atoms with van der Waals surface area (Å²) in [6.45, 7) is 15.7. The smallest absolute Gasteiger partial charge is 0.326 e. The van der Waals surface area contributed by atoms with E-state index < -0.39 is 0 Å². The first-order chi connectivity index (χ1) is 22.2. The van der Waals surface area contributed by atoms with Crippen molar-refractivity contribution in [1.82, 2.24) is 0 Å². The lowest BCUT2D eigenvalue weighted by Crippen LogP contribution is -2.35. The van der Waals surface area contributed by atoms with Gasteiger partial charge in [0.2, 0.25) is 0 Å². The Bertz CT molecular complexity index is 1260. The van der Waals surface area contributed by atoms with Gasteiger partial charge in [-0.05, 0) is 61.2 Å². The molecular weight excluding hydrogens is 611 g/mol. The number of anilines is 2. The van der Waals surface area contributed by atoms with Crippen LogP contribution in [0.5, 0.6) is 0 Å². The van der Waals surface area contributed by atoms with Crippen molar-refractivity contribution in [1.29, 1.82) is 0 Å². The van der Waals surface area contributed by atoms with Gasteiger partial charge >= 0.3 is 6.03 Å². The first-order valence-corrected chi connectivity index (χ1v) is 17.3. The number of carbonyl (C=O) groups is 1. The van der Waals surface area contributed by atoms with Crippen molar-refractivity contribution in [2.45, 2.75) is 87.0 Å². The molecule has 0 spiro atoms. The van der Waals surface area contributed by atoms with E-state index in [2.05, 4.69) is 71.1 Å². The van der Waals surface area contributed by atoms with Crippen LogP contribution in [0, 0.1) is 6.92 Å². The van der Waals surface area contributed by atoms with Crippen molar-refractivity contribution in [3.63, 3.8) is 0 Å². The maximum atomic E-state index is 12.8. The summed E-state index contributed by atoms with van der Waals surface area (Å²) in [7, 11) is 0. The van der Waals surface area contributed by atoms with Gasteiger partial charge in [0, 0.05) is 34.6 Å². The van der Waals surface area contributed by atoms with E-state index in [1.165, 1.54) is 24.8 Å². The number of carbonyl (C=O) groups excluding carboxylic acids is 1. The van der Waals surface area contributed by atoms with Gasteiger partial charge < -0.3 is 10.4 Å². The Balaban J connectivity index is 0.000000865. The van der Waals surface area contributed by atoms with E-state index in [-0.39, 0.29) is 6.03 Å². The lowest BCUT2D eigenvalue weighted by atomic mass is 10.1. The molecule has 0 heterocycles. The maximum absolute atomic E-state index is 12.8. The van der Waals surface area contributed by atoms with Crippen molar-refractivity contribution in [3.05, 3.63) is 119 Å². The van der Waals surface area contributed by atoms with Crippen LogP contribution in [0.2, 0.25) is 10.0 Å². The van der Waals surface area contributed by atoms with E-state index >= 15 is 0 Å². The molecule has 0 aliphatic heterocycles. The Hall–Kier alpha value is -3.31. The Kier molecular flexibility index (Phi) is 25.9. The quantitative estimate of drug-likeness (QED) is 0.196. The van der Waals surface area contributed by atoms with Crippen LogP contribution in [0.15, 0.2) is 103 Å². The number of unbranched alkanes of at least 4 members (excludes halogenated alkanes) is 2. The molecule has 252 valence electrons. The fourth-order valence-electron chi connectivity index (χ4n) is 3.55. The second kappa shape index (κ2) is 28.0. The van der Waals surface area contributed by atoms with Gasteiger partial charge in [0.15, 0.2) is 0 Å². The summed E-state index contributed by atoms with van der Waals surface area (Å²) in [6, 6.07) is 33.1. The third-order valence-corrected chi connectivity index (χ3v) is 6.48. The van der Waals surface area contributed by atoms with Crippen molar-refractivity contribution in [3.8, 4) is 11.1 Å². The molecule has 0 radical (unpaired) electrons. The van der Waals surface area contributed by atoms with Gasteiger partial charge in [0.1, 0.15) is 0 Å². The standard InChI is InChI=1S/C22H20Cl2N2O.C7H8.C4H10O.C4H10.C3H8/c1-2-12-26(22(27)25-20-14-18(23)13-19(24)15-20)21-10-8-17(9-11-21)16-6-4-3-5-7-16;1-7-5-3-2-4-6-7;1-2-3-4-5;1-3-4-2;1-3-2/h3-11,13-15H,2,12H2,1H3,(H,25,27);2-6H,1H3;5H,2-4H2,1H3;3-4H2,1-2H3;3H2,1-2H3. The van der Waals surface area contributed by atoms with Crippen LogP contribution in [0.4, 0.5) is 16.2 Å². The summed E-state index contributed by atoms with van der Waals surface area (Å²) in [5.41, 5.74) is 4.98. The summed E-state index contributed by atoms with van der Waals surface area (Å²) < 4.78 is 0. The minimum Gasteiger partial charge on any atom is -0.396 e. The number of hydrogen-bond acceptors (Lipinski definition) is 2. The van der Waals surface area contributed by atoms with E-state index in [4.69, 9.17) is 28.3 Å². The van der Waals surface area contributed by atoms with Crippen LogP contribution in [0.1, 0.15) is 85.6 Å². The van der Waals surface area contributed by atoms with Crippen LogP contribution >= 0.6 is 23.2 Å². The highest BCUT2D eigenvalue weighted by atomic mass is 35.5. The maximum Gasteiger partial charge on any atom is 0.326 e. The largest absolute Gasteiger partial charge is 0.396 e. The van der Waals surface area contributed by atoms with Crippen LogP contribution in [-0.4, -0.2) is 24.3 Å². The predicted molar refractivity (Wildman–Crippen MR) is 205 cm³/mol. The Morgan fingerprint density at radius 1 is 0.674 bits per heavy atom. The Morgan fingerprint density at radius 2 is 1.15 bits per heavy atom. The van der Waals surface area contributed by atoms with Gasteiger partial charge in [-0.3, -0.25) is 4.90 Å². The van der Waals surface area contributed by atoms with E-state index in [1.807, 2.05) is 67.6 Å². The molecule has 0 fully saturated rings. The number of hydrogen-bond donors (Lipinski definition) is 2. The number of aryl methyl sites for hydroxylation is 1. The second-order valence-electron chi connectivity index (χ2n) is 10.6. The molecule has 0 unspecified atom stereocenters. The van der Waals surface area contributed by atoms with E-state index in [1.54, 1.807) is 23.1 Å². The van der Waals surface area contributed by atoms with Gasteiger partial charge in [-0.15, -0.1) is 0 Å². The number of amides is 2. The number of aliphatic hydroxyl groups excluding tert-OH is 1. The first-order valence-electron chi connectivity index (χ1n) is 16.5. The van der Waals surface area contributed by atoms with Crippen molar-refractivity contribution in [2.24, 2.45) is 0 Å². The lowest BCUT2D eigenvalue weighted by molar-refractivity contribution is 0.257. The second-order valence-corrected chi connectivity index (χ2v) is 11.5. The minimum atomic E-state index is -0.220. The highest BCUT2D eigenvalue weighted by Crippen LogP contribution is 2.26. The number of halogens is 2. The highest BCUT2D eigenvalue weighted by molar-refractivity contribution is 6.35. The van der Waals surface area contributed by atoms with Crippen molar-refractivity contribution < 1.29 is 9.90 Å². The fourth-order valence-corrected chi connectivity index (χ4v) is 4.07. The molecule has 46 heavy (non-hydrogen) atoms. The van der Waals surface area contributed by atoms with Crippen LogP contribution < -0.4 is 10.2 Å². The Morgan fingerprint density at radius 3 is 1.52 bits per heavy atom. The zero-order valence-corrected chi connectivity index (χ0v) is 30.5. The minimum absolute atomic E-state index is 0.220. The predicted octanol–water partition coefficient (Wildman–Crippen LogP) is 13.1. The summed E-state index contributed by atoms with van der Waals surface area (Å²) in [4.78, 5) is 14.5. The number of benzene rings is 4. The average molecular weight is 668 g/mol. The molecule has 0 bridgehead atoms. The molecular formula is C40H56Cl2N2O2. The topological polar surface area (TPSA) is 52.6 Å². The lowest BCUT2D eigenvalue weighted by Gasteiger charge is -2.23. The third-order valence-electron chi connectivity index (χ3n) is 6.04. The monoisotopic (exact) mass is 666 g/mol. The Labute approximate surface area is 289 Å². The number of nitrogens with one attached hydrogen (secondary N) is 1. The zero-order chi connectivity index (χ0) is 34.6. The molecule has 2 N–H and O–H groups in total. The number of rotatable bonds is 8. The van der Waals surface area contributed by atoms with Crippen LogP contribution in [-0.2, 0) is 0 Å². The molecule has 4 nitrogen and oxygen atoms in total. The molecule has 2 amide bonds. The van der Waals surface area contributed by atoms with Gasteiger partial charge in [0.05, 0.1) is 0 Å². The zero-order valence-electron chi connectivity index (χ0n) is 29.0. The van der Waals surface area contributed by atoms with Crippen LogP contribution in [0.3, 0.4) is 0 Å². The molecule has 0 atom stereocenters. The van der Waals surface area contributed by atoms with Gasteiger partial charge in [-0.1, -0.05) is 169 Å². The van der Waals surface area contributed by atoms with Gasteiger partial charge in [0.25, 0.3) is 0 Å². The molecule has 4 aromatic rings. The summed E-state index contributed by atoms with van der Waals surface area (Å²) in [5.74, 6) is 0. The SMILES string of the molecule is CCC.CCCC.CCCCO.CCCN(C(=O)Nc1cc(Cl)cc(Cl)c1)c1ccc(-c2ccccc2)cc1.Cc1ccccc1. The van der Waals surface area contributed by atoms with Crippen molar-refractivity contribution in [2.75, 3.05) is 23.4 Å². The molecule has 0 aliphatic carbocycles. The molecule has 4 aromatic carbocycles. The first kappa shape index (κ1) is 42.7.